The average Bonchev–Trinajstić information content (AvgIpc) is 2.76. The molecule has 1 nitrogen and oxygen atoms in total. The molecule has 2 heteroatoms. The molecule has 0 aliphatic carbocycles. The van der Waals surface area contributed by atoms with Crippen molar-refractivity contribution in [3.63, 3.8) is 0 Å². The summed E-state index contributed by atoms with van der Waals surface area (Å²) in [6.45, 7) is 9.93. The number of aromatic nitrogens is 1. The number of thiazole rings is 1. The predicted molar refractivity (Wildman–Crippen MR) is 76.1 cm³/mol. The fourth-order valence-corrected chi connectivity index (χ4v) is 2.68. The van der Waals surface area contributed by atoms with E-state index >= 15 is 0 Å². The molecule has 0 saturated heterocycles. The number of benzene rings is 1. The van der Waals surface area contributed by atoms with Crippen molar-refractivity contribution in [2.24, 2.45) is 0 Å². The van der Waals surface area contributed by atoms with Crippen LogP contribution in [0.2, 0.25) is 0 Å². The molecule has 0 aliphatic rings. The summed E-state index contributed by atoms with van der Waals surface area (Å²) in [6, 6.07) is 8.34. The molecule has 0 aliphatic heterocycles. The van der Waals surface area contributed by atoms with E-state index in [0.29, 0.717) is 0 Å². The molecule has 0 radical (unpaired) electrons. The minimum Gasteiger partial charge on any atom is -0.249 e. The van der Waals surface area contributed by atoms with Crippen molar-refractivity contribution >= 4 is 16.9 Å². The molecule has 0 spiro atoms. The van der Waals surface area contributed by atoms with Gasteiger partial charge in [0.05, 0.1) is 16.1 Å². The van der Waals surface area contributed by atoms with Gasteiger partial charge in [0.2, 0.25) is 0 Å². The van der Waals surface area contributed by atoms with Gasteiger partial charge in [0.15, 0.2) is 0 Å². The van der Waals surface area contributed by atoms with Crippen LogP contribution < -0.4 is 0 Å². The lowest BCUT2D eigenvalue weighted by Crippen LogP contribution is -1.88. The highest BCUT2D eigenvalue weighted by molar-refractivity contribution is 7.13. The molecular formula is C15H15NS. The predicted octanol–water partition coefficient (Wildman–Crippen LogP) is 4.71. The van der Waals surface area contributed by atoms with E-state index in [9.17, 15) is 0 Å². The van der Waals surface area contributed by atoms with E-state index in [0.717, 1.165) is 17.7 Å². The Kier molecular flexibility index (Phi) is 3.55. The van der Waals surface area contributed by atoms with Crippen molar-refractivity contribution < 1.29 is 0 Å². The van der Waals surface area contributed by atoms with Gasteiger partial charge in [-0.15, -0.1) is 17.9 Å². The molecule has 1 aromatic carbocycles. The molecule has 2 aromatic rings. The summed E-state index contributed by atoms with van der Waals surface area (Å²) in [5, 5.41) is 0. The van der Waals surface area contributed by atoms with Crippen LogP contribution in [-0.4, -0.2) is 4.98 Å². The largest absolute Gasteiger partial charge is 0.249 e. The molecule has 0 bridgehead atoms. The van der Waals surface area contributed by atoms with Gasteiger partial charge in [0.1, 0.15) is 0 Å². The second-order valence-corrected chi connectivity index (χ2v) is 4.76. The maximum absolute atomic E-state index is 4.31. The van der Waals surface area contributed by atoms with E-state index < -0.39 is 0 Å². The van der Waals surface area contributed by atoms with Gasteiger partial charge >= 0.3 is 0 Å². The fourth-order valence-electron chi connectivity index (χ4n) is 1.83. The van der Waals surface area contributed by atoms with Crippen LogP contribution in [0.1, 0.15) is 17.7 Å². The maximum Gasteiger partial charge on any atom is 0.0801 e. The van der Waals surface area contributed by atoms with Gasteiger partial charge in [-0.3, -0.25) is 0 Å². The first kappa shape index (κ1) is 11.8. The van der Waals surface area contributed by atoms with Crippen LogP contribution in [0.15, 0.2) is 49.0 Å². The zero-order chi connectivity index (χ0) is 12.3. The summed E-state index contributed by atoms with van der Waals surface area (Å²) in [5.74, 6) is 0. The lowest BCUT2D eigenvalue weighted by molar-refractivity contribution is 1.27. The van der Waals surface area contributed by atoms with Gasteiger partial charge in [0, 0.05) is 5.56 Å². The van der Waals surface area contributed by atoms with Crippen LogP contribution in [0.25, 0.3) is 16.0 Å². The average molecular weight is 241 g/mol. The fraction of sp³-hybridized carbons (Fsp3) is 0.133. The quantitative estimate of drug-likeness (QED) is 0.706. The first-order valence-electron chi connectivity index (χ1n) is 5.52. The van der Waals surface area contributed by atoms with Crippen molar-refractivity contribution in [1.29, 1.82) is 0 Å². The molecule has 1 heterocycles. The Bertz CT molecular complexity index is 552. The standard InChI is InChI=1S/C15H15NS/c1-4-7-11(2)13-8-5-6-9-14(13)15-12(3)16-10-17-15/h4-6,8-10H,1-2,7H2,3H3. The summed E-state index contributed by atoms with van der Waals surface area (Å²) in [7, 11) is 0. The first-order chi connectivity index (χ1) is 8.24. The molecule has 0 N–H and O–H groups in total. The monoisotopic (exact) mass is 241 g/mol. The van der Waals surface area contributed by atoms with Crippen LogP contribution in [-0.2, 0) is 0 Å². The van der Waals surface area contributed by atoms with Crippen LogP contribution in [0.4, 0.5) is 0 Å². The summed E-state index contributed by atoms with van der Waals surface area (Å²) in [5.41, 5.74) is 6.48. The van der Waals surface area contributed by atoms with Gasteiger partial charge in [-0.1, -0.05) is 36.9 Å². The van der Waals surface area contributed by atoms with Gasteiger partial charge in [-0.2, -0.15) is 0 Å². The highest BCUT2D eigenvalue weighted by atomic mass is 32.1. The van der Waals surface area contributed by atoms with Crippen molar-refractivity contribution in [2.75, 3.05) is 0 Å². The third-order valence-electron chi connectivity index (χ3n) is 2.69. The maximum atomic E-state index is 4.31. The zero-order valence-corrected chi connectivity index (χ0v) is 10.8. The van der Waals surface area contributed by atoms with Gasteiger partial charge < -0.3 is 0 Å². The normalized spacial score (nSPS) is 10.2. The minimum absolute atomic E-state index is 0.814. The third kappa shape index (κ3) is 2.37. The van der Waals surface area contributed by atoms with E-state index in [4.69, 9.17) is 0 Å². The molecule has 2 rings (SSSR count). The lowest BCUT2D eigenvalue weighted by atomic mass is 9.97. The summed E-state index contributed by atoms with van der Waals surface area (Å²) >= 11 is 1.67. The Morgan fingerprint density at radius 1 is 1.41 bits per heavy atom. The number of hydrogen-bond donors (Lipinski definition) is 0. The van der Waals surface area contributed by atoms with Crippen molar-refractivity contribution in [3.8, 4) is 10.4 Å². The third-order valence-corrected chi connectivity index (χ3v) is 3.65. The molecule has 0 saturated carbocycles. The Morgan fingerprint density at radius 2 is 2.18 bits per heavy atom. The molecule has 0 unspecified atom stereocenters. The van der Waals surface area contributed by atoms with Gasteiger partial charge in [0.25, 0.3) is 0 Å². The molecule has 86 valence electrons. The summed E-state index contributed by atoms with van der Waals surface area (Å²) in [4.78, 5) is 5.54. The Hall–Kier alpha value is -1.67. The van der Waals surface area contributed by atoms with E-state index in [1.54, 1.807) is 11.3 Å². The number of aryl methyl sites for hydroxylation is 1. The Labute approximate surface area is 106 Å². The van der Waals surface area contributed by atoms with E-state index in [1.807, 2.05) is 24.6 Å². The second-order valence-electron chi connectivity index (χ2n) is 3.91. The molecular weight excluding hydrogens is 226 g/mol. The highest BCUT2D eigenvalue weighted by Gasteiger charge is 2.10. The van der Waals surface area contributed by atoms with E-state index in [-0.39, 0.29) is 0 Å². The van der Waals surface area contributed by atoms with Crippen molar-refractivity contribution in [2.45, 2.75) is 13.3 Å². The molecule has 0 amide bonds. The van der Waals surface area contributed by atoms with Crippen LogP contribution >= 0.6 is 11.3 Å². The lowest BCUT2D eigenvalue weighted by Gasteiger charge is -2.09. The number of rotatable bonds is 4. The van der Waals surface area contributed by atoms with Crippen LogP contribution in [0.5, 0.6) is 0 Å². The number of hydrogen-bond acceptors (Lipinski definition) is 2. The Morgan fingerprint density at radius 3 is 2.82 bits per heavy atom. The molecule has 17 heavy (non-hydrogen) atoms. The molecule has 0 fully saturated rings. The van der Waals surface area contributed by atoms with Gasteiger partial charge in [-0.25, -0.2) is 4.98 Å². The van der Waals surface area contributed by atoms with Crippen LogP contribution in [0.3, 0.4) is 0 Å². The zero-order valence-electron chi connectivity index (χ0n) is 9.94. The topological polar surface area (TPSA) is 12.9 Å². The van der Waals surface area contributed by atoms with E-state index in [1.165, 1.54) is 16.0 Å². The molecule has 1 aromatic heterocycles. The first-order valence-corrected chi connectivity index (χ1v) is 6.40. The SMILES string of the molecule is C=CCC(=C)c1ccccc1-c1scnc1C. The Balaban J connectivity index is 2.51. The van der Waals surface area contributed by atoms with Crippen molar-refractivity contribution in [3.05, 3.63) is 60.3 Å². The number of nitrogens with zero attached hydrogens (tertiary/aromatic N) is 1. The van der Waals surface area contributed by atoms with E-state index in [2.05, 4.69) is 36.3 Å². The highest BCUT2D eigenvalue weighted by Crippen LogP contribution is 2.33. The summed E-state index contributed by atoms with van der Waals surface area (Å²) < 4.78 is 0. The minimum atomic E-state index is 0.814. The van der Waals surface area contributed by atoms with Crippen molar-refractivity contribution in [1.82, 2.24) is 4.98 Å². The number of allylic oxidation sites excluding steroid dienone is 2. The van der Waals surface area contributed by atoms with Gasteiger partial charge in [-0.05, 0) is 24.5 Å². The second kappa shape index (κ2) is 5.11. The van der Waals surface area contributed by atoms with Crippen LogP contribution in [0, 0.1) is 6.92 Å². The molecule has 0 atom stereocenters. The summed E-state index contributed by atoms with van der Waals surface area (Å²) in [6.07, 6.45) is 2.70. The smallest absolute Gasteiger partial charge is 0.0801 e.